The van der Waals surface area contributed by atoms with E-state index in [0.29, 0.717) is 23.3 Å². The van der Waals surface area contributed by atoms with E-state index in [1.54, 1.807) is 19.1 Å². The first kappa shape index (κ1) is 18.9. The number of aryl methyl sites for hydroxylation is 2. The van der Waals surface area contributed by atoms with E-state index in [1.807, 2.05) is 36.6 Å². The molecule has 3 rings (SSSR count). The number of hydrogen-bond acceptors (Lipinski definition) is 6. The highest BCUT2D eigenvalue weighted by Crippen LogP contribution is 2.28. The molecule has 0 saturated carbocycles. The van der Waals surface area contributed by atoms with E-state index in [9.17, 15) is 4.79 Å². The summed E-state index contributed by atoms with van der Waals surface area (Å²) in [6.07, 6.45) is 1.79. The van der Waals surface area contributed by atoms with Crippen molar-refractivity contribution in [3.05, 3.63) is 54.3 Å². The third kappa shape index (κ3) is 4.46. The summed E-state index contributed by atoms with van der Waals surface area (Å²) in [5.41, 5.74) is 2.12. The molecule has 2 aromatic heterocycles. The predicted molar refractivity (Wildman–Crippen MR) is 106 cm³/mol. The number of allylic oxidation sites excluding steroid dienone is 1. The maximum Gasteiger partial charge on any atom is 0.238 e. The lowest BCUT2D eigenvalue weighted by Gasteiger charge is -2.12. The van der Waals surface area contributed by atoms with Crippen LogP contribution in [0.2, 0.25) is 0 Å². The van der Waals surface area contributed by atoms with Gasteiger partial charge in [0.15, 0.2) is 16.8 Å². The molecule has 1 N–H and O–H groups in total. The summed E-state index contributed by atoms with van der Waals surface area (Å²) in [6.45, 7) is 9.98. The van der Waals surface area contributed by atoms with Crippen molar-refractivity contribution in [3.8, 4) is 11.4 Å². The fourth-order valence-electron chi connectivity index (χ4n) is 2.53. The highest BCUT2D eigenvalue weighted by Gasteiger charge is 2.21. The molecule has 0 aliphatic carbocycles. The minimum absolute atomic E-state index is 0.182. The first-order valence-electron chi connectivity index (χ1n) is 8.50. The maximum absolute atomic E-state index is 12.4. The Kier molecular flexibility index (Phi) is 5.75. The number of nitrogens with one attached hydrogen (secondary N) is 1. The molecule has 0 saturated heterocycles. The zero-order chi connectivity index (χ0) is 19.4. The van der Waals surface area contributed by atoms with Gasteiger partial charge in [0.2, 0.25) is 5.91 Å². The average molecular weight is 383 g/mol. The third-order valence-electron chi connectivity index (χ3n) is 3.84. The summed E-state index contributed by atoms with van der Waals surface area (Å²) in [5.74, 6) is 1.61. The SMILES string of the molecule is C=CCn1c(SC(C)C(=O)Nc2cc(C)on2)nnc1-c1cccc(C)c1. The van der Waals surface area contributed by atoms with Gasteiger partial charge in [-0.3, -0.25) is 9.36 Å². The van der Waals surface area contributed by atoms with Crippen LogP contribution in [0.3, 0.4) is 0 Å². The second-order valence-electron chi connectivity index (χ2n) is 6.15. The first-order valence-corrected chi connectivity index (χ1v) is 9.38. The van der Waals surface area contributed by atoms with Gasteiger partial charge in [-0.15, -0.1) is 16.8 Å². The van der Waals surface area contributed by atoms with Gasteiger partial charge in [0.1, 0.15) is 5.76 Å². The quantitative estimate of drug-likeness (QED) is 0.493. The molecule has 0 bridgehead atoms. The zero-order valence-corrected chi connectivity index (χ0v) is 16.3. The molecule has 2 heterocycles. The van der Waals surface area contributed by atoms with Crippen molar-refractivity contribution in [1.82, 2.24) is 19.9 Å². The molecule has 1 atom stereocenters. The fourth-order valence-corrected chi connectivity index (χ4v) is 3.39. The molecule has 8 heteroatoms. The fraction of sp³-hybridized carbons (Fsp3) is 0.263. The largest absolute Gasteiger partial charge is 0.360 e. The van der Waals surface area contributed by atoms with Crippen LogP contribution in [-0.4, -0.2) is 31.1 Å². The lowest BCUT2D eigenvalue weighted by molar-refractivity contribution is -0.115. The van der Waals surface area contributed by atoms with Gasteiger partial charge in [-0.25, -0.2) is 0 Å². The Morgan fingerprint density at radius 2 is 2.19 bits per heavy atom. The predicted octanol–water partition coefficient (Wildman–Crippen LogP) is 3.86. The summed E-state index contributed by atoms with van der Waals surface area (Å²) in [4.78, 5) is 12.4. The number of nitrogens with zero attached hydrogens (tertiary/aromatic N) is 4. The number of benzene rings is 1. The number of carbonyl (C=O) groups is 1. The molecule has 140 valence electrons. The molecule has 0 spiro atoms. The highest BCUT2D eigenvalue weighted by molar-refractivity contribution is 8.00. The molecular weight excluding hydrogens is 362 g/mol. The van der Waals surface area contributed by atoms with Crippen molar-refractivity contribution in [1.29, 1.82) is 0 Å². The molecule has 0 fully saturated rings. The standard InChI is InChI=1S/C19H21N5O2S/c1-5-9-24-17(15-8-6-7-12(2)10-15)21-22-19(24)27-14(4)18(25)20-16-11-13(3)26-23-16/h5-8,10-11,14H,1,9H2,2-4H3,(H,20,23,25). The van der Waals surface area contributed by atoms with Crippen LogP contribution in [0.1, 0.15) is 18.2 Å². The van der Waals surface area contributed by atoms with Crippen LogP contribution in [0.15, 0.2) is 52.7 Å². The Morgan fingerprint density at radius 1 is 1.37 bits per heavy atom. The van der Waals surface area contributed by atoms with E-state index in [0.717, 1.165) is 17.0 Å². The third-order valence-corrected chi connectivity index (χ3v) is 4.92. The minimum Gasteiger partial charge on any atom is -0.360 e. The molecule has 27 heavy (non-hydrogen) atoms. The Hall–Kier alpha value is -2.87. The number of rotatable bonds is 7. The molecule has 0 radical (unpaired) electrons. The van der Waals surface area contributed by atoms with Gasteiger partial charge in [0, 0.05) is 18.2 Å². The Morgan fingerprint density at radius 3 is 2.85 bits per heavy atom. The van der Waals surface area contributed by atoms with E-state index in [4.69, 9.17) is 4.52 Å². The lowest BCUT2D eigenvalue weighted by atomic mass is 10.1. The van der Waals surface area contributed by atoms with Crippen LogP contribution in [0, 0.1) is 13.8 Å². The van der Waals surface area contributed by atoms with E-state index in [2.05, 4.69) is 33.3 Å². The molecule has 1 amide bonds. The van der Waals surface area contributed by atoms with E-state index in [-0.39, 0.29) is 11.2 Å². The molecule has 0 aliphatic heterocycles. The van der Waals surface area contributed by atoms with Crippen molar-refractivity contribution < 1.29 is 9.32 Å². The van der Waals surface area contributed by atoms with Gasteiger partial charge in [-0.2, -0.15) is 0 Å². The minimum atomic E-state index is -0.389. The van der Waals surface area contributed by atoms with Crippen molar-refractivity contribution in [2.75, 3.05) is 5.32 Å². The topological polar surface area (TPSA) is 85.8 Å². The zero-order valence-electron chi connectivity index (χ0n) is 15.5. The Labute approximate surface area is 161 Å². The van der Waals surface area contributed by atoms with Gasteiger partial charge in [0.05, 0.1) is 5.25 Å². The molecule has 3 aromatic rings. The van der Waals surface area contributed by atoms with Crippen LogP contribution >= 0.6 is 11.8 Å². The summed E-state index contributed by atoms with van der Waals surface area (Å²) in [6, 6.07) is 9.74. The van der Waals surface area contributed by atoms with Gasteiger partial charge in [-0.1, -0.05) is 46.8 Å². The normalized spacial score (nSPS) is 12.0. The summed E-state index contributed by atoms with van der Waals surface area (Å²) >= 11 is 1.34. The molecule has 1 unspecified atom stereocenters. The van der Waals surface area contributed by atoms with E-state index >= 15 is 0 Å². The van der Waals surface area contributed by atoms with Crippen LogP contribution in [-0.2, 0) is 11.3 Å². The van der Waals surface area contributed by atoms with E-state index < -0.39 is 0 Å². The number of thioether (sulfide) groups is 1. The number of hydrogen-bond donors (Lipinski definition) is 1. The molecule has 1 aromatic carbocycles. The van der Waals surface area contributed by atoms with Crippen molar-refractivity contribution in [2.24, 2.45) is 0 Å². The monoisotopic (exact) mass is 383 g/mol. The second-order valence-corrected chi connectivity index (χ2v) is 7.46. The van der Waals surface area contributed by atoms with Gasteiger partial charge in [0.25, 0.3) is 0 Å². The van der Waals surface area contributed by atoms with Crippen molar-refractivity contribution in [2.45, 2.75) is 37.7 Å². The molecule has 0 aliphatic rings. The van der Waals surface area contributed by atoms with Gasteiger partial charge >= 0.3 is 0 Å². The Bertz CT molecular complexity index is 963. The lowest BCUT2D eigenvalue weighted by Crippen LogP contribution is -2.23. The van der Waals surface area contributed by atoms with Crippen molar-refractivity contribution in [3.63, 3.8) is 0 Å². The maximum atomic E-state index is 12.4. The number of anilines is 1. The number of carbonyl (C=O) groups excluding carboxylic acids is 1. The Balaban J connectivity index is 1.79. The summed E-state index contributed by atoms with van der Waals surface area (Å²) in [5, 5.41) is 15.4. The van der Waals surface area contributed by atoms with Crippen LogP contribution < -0.4 is 5.32 Å². The number of amides is 1. The van der Waals surface area contributed by atoms with Gasteiger partial charge in [-0.05, 0) is 26.8 Å². The molecule has 7 nitrogen and oxygen atoms in total. The van der Waals surface area contributed by atoms with Crippen LogP contribution in [0.4, 0.5) is 5.82 Å². The average Bonchev–Trinajstić information content (AvgIpc) is 3.22. The highest BCUT2D eigenvalue weighted by atomic mass is 32.2. The number of aromatic nitrogens is 4. The van der Waals surface area contributed by atoms with Gasteiger partial charge < -0.3 is 9.84 Å². The van der Waals surface area contributed by atoms with Crippen molar-refractivity contribution >= 4 is 23.5 Å². The van der Waals surface area contributed by atoms with E-state index in [1.165, 1.54) is 11.8 Å². The summed E-state index contributed by atoms with van der Waals surface area (Å²) < 4.78 is 6.92. The first-order chi connectivity index (χ1) is 13.0. The second kappa shape index (κ2) is 8.22. The van der Waals surface area contributed by atoms with Crippen LogP contribution in [0.25, 0.3) is 11.4 Å². The van der Waals surface area contributed by atoms with Crippen LogP contribution in [0.5, 0.6) is 0 Å². The smallest absolute Gasteiger partial charge is 0.238 e. The molecular formula is C19H21N5O2S. The summed E-state index contributed by atoms with van der Waals surface area (Å²) in [7, 11) is 0.